The monoisotopic (exact) mass is 413 g/mol. The molecule has 0 aliphatic carbocycles. The molecule has 0 unspecified atom stereocenters. The van der Waals surface area contributed by atoms with E-state index in [0.717, 1.165) is 11.8 Å². The summed E-state index contributed by atoms with van der Waals surface area (Å²) < 4.78 is 0. The van der Waals surface area contributed by atoms with E-state index in [1.807, 2.05) is 0 Å². The van der Waals surface area contributed by atoms with Crippen molar-refractivity contribution in [1.82, 2.24) is 15.4 Å². The molecule has 1 aromatic heterocycles. The fourth-order valence-electron chi connectivity index (χ4n) is 2.14. The van der Waals surface area contributed by atoms with Gasteiger partial charge < -0.3 is 0 Å². The molecule has 0 saturated heterocycles. The molecule has 2 aromatic carbocycles. The lowest BCUT2D eigenvalue weighted by molar-refractivity contribution is -0.387. The van der Waals surface area contributed by atoms with Crippen molar-refractivity contribution in [3.05, 3.63) is 87.2 Å². The molecule has 140 valence electrons. The lowest BCUT2D eigenvalue weighted by atomic mass is 10.2. The van der Waals surface area contributed by atoms with E-state index >= 15 is 0 Å². The average molecular weight is 414 g/mol. The van der Waals surface area contributed by atoms with Crippen LogP contribution in [0.25, 0.3) is 0 Å². The maximum absolute atomic E-state index is 12.0. The summed E-state index contributed by atoms with van der Waals surface area (Å²) in [7, 11) is 0. The molecular weight excluding hydrogens is 402 g/mol. The number of nitro benzene ring substituents is 1. The van der Waals surface area contributed by atoms with Gasteiger partial charge in [-0.25, -0.2) is 15.4 Å². The number of rotatable bonds is 6. The van der Waals surface area contributed by atoms with Gasteiger partial charge in [0.2, 0.25) is 0 Å². The molecule has 1 N–H and O–H groups in total. The average Bonchev–Trinajstić information content (AvgIpc) is 2.69. The van der Waals surface area contributed by atoms with Crippen LogP contribution in [0.4, 0.5) is 5.69 Å². The highest BCUT2D eigenvalue weighted by Gasteiger charge is 2.16. The van der Waals surface area contributed by atoms with Crippen LogP contribution >= 0.6 is 23.4 Å². The van der Waals surface area contributed by atoms with Gasteiger partial charge in [0, 0.05) is 34.6 Å². The number of nitro groups is 1. The molecule has 0 saturated carbocycles. The van der Waals surface area contributed by atoms with E-state index in [4.69, 9.17) is 11.6 Å². The number of carbonyl (C=O) groups excluding carboxylic acids is 1. The molecule has 0 aliphatic rings. The summed E-state index contributed by atoms with van der Waals surface area (Å²) in [5.41, 5.74) is 3.05. The zero-order valence-electron chi connectivity index (χ0n) is 14.2. The quantitative estimate of drug-likeness (QED) is 0.283. The minimum atomic E-state index is -0.493. The van der Waals surface area contributed by atoms with Crippen LogP contribution in [0.15, 0.2) is 76.1 Å². The van der Waals surface area contributed by atoms with Crippen LogP contribution in [0.5, 0.6) is 0 Å². The van der Waals surface area contributed by atoms with Crippen LogP contribution in [-0.2, 0) is 0 Å². The zero-order valence-corrected chi connectivity index (χ0v) is 15.7. The van der Waals surface area contributed by atoms with Crippen molar-refractivity contribution >= 4 is 41.2 Å². The second-order valence-corrected chi connectivity index (χ2v) is 6.77. The summed E-state index contributed by atoms with van der Waals surface area (Å²) >= 11 is 6.93. The van der Waals surface area contributed by atoms with Gasteiger partial charge in [0.25, 0.3) is 11.6 Å². The van der Waals surface area contributed by atoms with Crippen molar-refractivity contribution in [3.8, 4) is 0 Å². The fourth-order valence-corrected chi connectivity index (χ4v) is 3.13. The first-order valence-corrected chi connectivity index (χ1v) is 9.04. The maximum atomic E-state index is 12.0. The number of nitrogens with zero attached hydrogens (tertiary/aromatic N) is 4. The Bertz CT molecular complexity index is 1050. The van der Waals surface area contributed by atoms with Gasteiger partial charge in [-0.05, 0) is 42.1 Å². The van der Waals surface area contributed by atoms with Crippen LogP contribution in [0.3, 0.4) is 0 Å². The molecule has 3 rings (SSSR count). The summed E-state index contributed by atoms with van der Waals surface area (Å²) in [6, 6.07) is 12.7. The van der Waals surface area contributed by atoms with Gasteiger partial charge in [0.05, 0.1) is 16.0 Å². The Morgan fingerprint density at radius 2 is 1.96 bits per heavy atom. The first kappa shape index (κ1) is 19.5. The highest BCUT2D eigenvalue weighted by Crippen LogP contribution is 2.33. The largest absolute Gasteiger partial charge is 0.283 e. The minimum Gasteiger partial charge on any atom is -0.267 e. The molecule has 0 fully saturated rings. The molecule has 0 radical (unpaired) electrons. The Kier molecular flexibility index (Phi) is 6.30. The molecule has 1 heterocycles. The molecule has 28 heavy (non-hydrogen) atoms. The van der Waals surface area contributed by atoms with Crippen molar-refractivity contribution in [1.29, 1.82) is 0 Å². The van der Waals surface area contributed by atoms with Gasteiger partial charge in [-0.2, -0.15) is 5.10 Å². The summed E-state index contributed by atoms with van der Waals surface area (Å²) in [4.78, 5) is 31.4. The molecule has 0 atom stereocenters. The van der Waals surface area contributed by atoms with Crippen molar-refractivity contribution in [2.45, 2.75) is 10.1 Å². The van der Waals surface area contributed by atoms with Gasteiger partial charge in [-0.3, -0.25) is 14.9 Å². The summed E-state index contributed by atoms with van der Waals surface area (Å²) in [6.45, 7) is 0. The van der Waals surface area contributed by atoms with E-state index in [2.05, 4.69) is 20.5 Å². The fraction of sp³-hybridized carbons (Fsp3) is 0. The van der Waals surface area contributed by atoms with Crippen molar-refractivity contribution in [3.63, 3.8) is 0 Å². The molecular formula is C18H12ClN5O3S. The molecule has 3 aromatic rings. The van der Waals surface area contributed by atoms with Gasteiger partial charge in [-0.1, -0.05) is 23.7 Å². The normalized spacial score (nSPS) is 10.8. The van der Waals surface area contributed by atoms with Crippen molar-refractivity contribution in [2.75, 3.05) is 0 Å². The second kappa shape index (κ2) is 9.07. The number of hydrogen-bond donors (Lipinski definition) is 1. The Balaban J connectivity index is 1.73. The topological polar surface area (TPSA) is 110 Å². The molecule has 0 bridgehead atoms. The van der Waals surface area contributed by atoms with E-state index in [1.165, 1.54) is 18.3 Å². The SMILES string of the molecule is O=C(N/N=C/c1ccc(Sc2ncccn2)c([N+](=O)[O-])c1)c1cccc(Cl)c1. The molecule has 0 aliphatic heterocycles. The van der Waals surface area contributed by atoms with Crippen LogP contribution in [0.2, 0.25) is 5.02 Å². The van der Waals surface area contributed by atoms with E-state index in [0.29, 0.717) is 26.2 Å². The number of carbonyl (C=O) groups is 1. The number of halogens is 1. The van der Waals surface area contributed by atoms with Crippen molar-refractivity contribution < 1.29 is 9.72 Å². The number of amides is 1. The second-order valence-electron chi connectivity index (χ2n) is 5.33. The van der Waals surface area contributed by atoms with Gasteiger partial charge in [-0.15, -0.1) is 0 Å². The maximum Gasteiger partial charge on any atom is 0.283 e. The highest BCUT2D eigenvalue weighted by molar-refractivity contribution is 7.99. The third kappa shape index (κ3) is 5.12. The predicted molar refractivity (Wildman–Crippen MR) is 106 cm³/mol. The van der Waals surface area contributed by atoms with E-state index in [1.54, 1.807) is 48.8 Å². The lowest BCUT2D eigenvalue weighted by Crippen LogP contribution is -2.17. The molecule has 0 spiro atoms. The summed E-state index contributed by atoms with van der Waals surface area (Å²) in [6.07, 6.45) is 4.44. The first-order chi connectivity index (χ1) is 13.5. The number of hydrogen-bond acceptors (Lipinski definition) is 7. The first-order valence-electron chi connectivity index (χ1n) is 7.85. The smallest absolute Gasteiger partial charge is 0.267 e. The minimum absolute atomic E-state index is 0.109. The van der Waals surface area contributed by atoms with Crippen molar-refractivity contribution in [2.24, 2.45) is 5.10 Å². The van der Waals surface area contributed by atoms with E-state index < -0.39 is 10.8 Å². The zero-order chi connectivity index (χ0) is 19.9. The molecule has 10 heteroatoms. The van der Waals surface area contributed by atoms with E-state index in [9.17, 15) is 14.9 Å². The van der Waals surface area contributed by atoms with Gasteiger partial charge in [0.1, 0.15) is 0 Å². The highest BCUT2D eigenvalue weighted by atomic mass is 35.5. The van der Waals surface area contributed by atoms with Crippen LogP contribution in [0.1, 0.15) is 15.9 Å². The number of hydrazone groups is 1. The Labute approximate surface area is 168 Å². The Hall–Kier alpha value is -3.30. The predicted octanol–water partition coefficient (Wildman–Crippen LogP) is 3.95. The van der Waals surface area contributed by atoms with Crippen LogP contribution in [0, 0.1) is 10.1 Å². The number of aromatic nitrogens is 2. The third-order valence-corrected chi connectivity index (χ3v) is 4.58. The third-order valence-electron chi connectivity index (χ3n) is 3.39. The Morgan fingerprint density at radius 1 is 1.18 bits per heavy atom. The van der Waals surface area contributed by atoms with Crippen LogP contribution < -0.4 is 5.43 Å². The lowest BCUT2D eigenvalue weighted by Gasteiger charge is -2.03. The molecule has 8 nitrogen and oxygen atoms in total. The van der Waals surface area contributed by atoms with Gasteiger partial charge >= 0.3 is 0 Å². The van der Waals surface area contributed by atoms with Gasteiger partial charge in [0.15, 0.2) is 5.16 Å². The number of benzene rings is 2. The summed E-state index contributed by atoms with van der Waals surface area (Å²) in [5.74, 6) is -0.443. The van der Waals surface area contributed by atoms with E-state index in [-0.39, 0.29) is 5.69 Å². The summed E-state index contributed by atoms with van der Waals surface area (Å²) in [5, 5.41) is 16.1. The van der Waals surface area contributed by atoms with Crippen LogP contribution in [-0.4, -0.2) is 27.0 Å². The number of nitrogens with one attached hydrogen (secondary N) is 1. The Morgan fingerprint density at radius 3 is 2.68 bits per heavy atom. The molecule has 1 amide bonds. The standard InChI is InChI=1S/C18H12ClN5O3S/c19-14-4-1-3-13(10-14)17(25)23-22-11-12-5-6-16(15(9-12)24(26)27)28-18-20-7-2-8-21-18/h1-11H,(H,23,25)/b22-11+.